The monoisotopic (exact) mass is 240 g/mol. The molecule has 82 valence electrons. The van der Waals surface area contributed by atoms with E-state index < -0.39 is 11.6 Å². The first-order valence-electron chi connectivity index (χ1n) is 4.56. The number of hydrogen-bond acceptors (Lipinski definition) is 2. The normalized spacial score (nSPS) is 10.4. The molecular weight excluding hydrogens is 234 g/mol. The third-order valence-corrected chi connectivity index (χ3v) is 2.17. The van der Waals surface area contributed by atoms with Gasteiger partial charge in [-0.05, 0) is 23.8 Å². The van der Waals surface area contributed by atoms with Crippen LogP contribution >= 0.6 is 11.6 Å². The van der Waals surface area contributed by atoms with Gasteiger partial charge in [-0.1, -0.05) is 11.6 Å². The van der Waals surface area contributed by atoms with Crippen LogP contribution in [-0.4, -0.2) is 9.97 Å². The fourth-order valence-corrected chi connectivity index (χ4v) is 1.51. The van der Waals surface area contributed by atoms with Crippen molar-refractivity contribution in [1.29, 1.82) is 0 Å². The SMILES string of the molecule is Fc1cc(F)cc(Cc2nccc(Cl)n2)c1. The average molecular weight is 241 g/mol. The summed E-state index contributed by atoms with van der Waals surface area (Å²) in [6, 6.07) is 4.85. The van der Waals surface area contributed by atoms with Crippen molar-refractivity contribution in [3.05, 3.63) is 58.6 Å². The van der Waals surface area contributed by atoms with E-state index >= 15 is 0 Å². The maximum Gasteiger partial charge on any atom is 0.134 e. The zero-order valence-corrected chi connectivity index (χ0v) is 8.88. The van der Waals surface area contributed by atoms with Gasteiger partial charge in [-0.15, -0.1) is 0 Å². The van der Waals surface area contributed by atoms with E-state index in [1.807, 2.05) is 0 Å². The summed E-state index contributed by atoms with van der Waals surface area (Å²) in [5.41, 5.74) is 0.472. The van der Waals surface area contributed by atoms with Crippen LogP contribution in [0.15, 0.2) is 30.5 Å². The summed E-state index contributed by atoms with van der Waals surface area (Å²) in [6.45, 7) is 0. The fourth-order valence-electron chi connectivity index (χ4n) is 1.35. The summed E-state index contributed by atoms with van der Waals surface area (Å²) >= 11 is 5.67. The van der Waals surface area contributed by atoms with E-state index in [4.69, 9.17) is 11.6 Å². The molecule has 16 heavy (non-hydrogen) atoms. The Morgan fingerprint density at radius 1 is 1.12 bits per heavy atom. The van der Waals surface area contributed by atoms with Crippen LogP contribution in [0.1, 0.15) is 11.4 Å². The summed E-state index contributed by atoms with van der Waals surface area (Å²) in [4.78, 5) is 7.89. The van der Waals surface area contributed by atoms with Crippen LogP contribution in [0.3, 0.4) is 0 Å². The zero-order chi connectivity index (χ0) is 11.5. The molecule has 0 saturated carbocycles. The van der Waals surface area contributed by atoms with Crippen LogP contribution < -0.4 is 0 Å². The molecule has 1 aromatic carbocycles. The molecule has 0 fully saturated rings. The van der Waals surface area contributed by atoms with E-state index in [-0.39, 0.29) is 6.42 Å². The molecule has 0 unspecified atom stereocenters. The van der Waals surface area contributed by atoms with Crippen molar-refractivity contribution in [2.24, 2.45) is 0 Å². The zero-order valence-electron chi connectivity index (χ0n) is 8.12. The predicted octanol–water partition coefficient (Wildman–Crippen LogP) is 3.00. The number of hydrogen-bond donors (Lipinski definition) is 0. The molecule has 5 heteroatoms. The highest BCUT2D eigenvalue weighted by Gasteiger charge is 2.04. The molecule has 0 aliphatic rings. The predicted molar refractivity (Wildman–Crippen MR) is 56.2 cm³/mol. The van der Waals surface area contributed by atoms with Crippen molar-refractivity contribution >= 4 is 11.6 Å². The summed E-state index contributed by atoms with van der Waals surface area (Å²) in [6.07, 6.45) is 1.75. The van der Waals surface area contributed by atoms with Gasteiger partial charge in [0.05, 0.1) is 0 Å². The Bertz CT molecular complexity index is 497. The first-order chi connectivity index (χ1) is 7.63. The molecule has 0 N–H and O–H groups in total. The minimum absolute atomic E-state index is 0.245. The lowest BCUT2D eigenvalue weighted by Gasteiger charge is -2.01. The molecule has 2 aromatic rings. The summed E-state index contributed by atoms with van der Waals surface area (Å²) in [5.74, 6) is -0.799. The highest BCUT2D eigenvalue weighted by molar-refractivity contribution is 6.29. The smallest absolute Gasteiger partial charge is 0.134 e. The van der Waals surface area contributed by atoms with E-state index in [1.165, 1.54) is 24.4 Å². The molecule has 0 amide bonds. The Balaban J connectivity index is 2.27. The largest absolute Gasteiger partial charge is 0.241 e. The Morgan fingerprint density at radius 3 is 2.44 bits per heavy atom. The third kappa shape index (κ3) is 2.73. The van der Waals surface area contributed by atoms with Crippen LogP contribution in [0.5, 0.6) is 0 Å². The van der Waals surface area contributed by atoms with Gasteiger partial charge in [0.15, 0.2) is 0 Å². The number of benzene rings is 1. The maximum atomic E-state index is 12.9. The average Bonchev–Trinajstić information content (AvgIpc) is 2.15. The van der Waals surface area contributed by atoms with Crippen LogP contribution in [-0.2, 0) is 6.42 Å². The Morgan fingerprint density at radius 2 is 1.81 bits per heavy atom. The molecule has 0 atom stereocenters. The Kier molecular flexibility index (Phi) is 3.10. The van der Waals surface area contributed by atoms with Crippen molar-refractivity contribution in [3.8, 4) is 0 Å². The molecule has 0 spiro atoms. The van der Waals surface area contributed by atoms with Gasteiger partial charge in [-0.3, -0.25) is 0 Å². The van der Waals surface area contributed by atoms with Crippen LogP contribution in [0.4, 0.5) is 8.78 Å². The molecule has 0 bridgehead atoms. The molecule has 2 rings (SSSR count). The molecular formula is C11H7ClF2N2. The van der Waals surface area contributed by atoms with E-state index in [9.17, 15) is 8.78 Å². The van der Waals surface area contributed by atoms with E-state index in [1.54, 1.807) is 0 Å². The van der Waals surface area contributed by atoms with E-state index in [0.29, 0.717) is 16.5 Å². The van der Waals surface area contributed by atoms with E-state index in [0.717, 1.165) is 6.07 Å². The van der Waals surface area contributed by atoms with Crippen molar-refractivity contribution in [3.63, 3.8) is 0 Å². The van der Waals surface area contributed by atoms with Gasteiger partial charge in [0.2, 0.25) is 0 Å². The van der Waals surface area contributed by atoms with Crippen molar-refractivity contribution in [1.82, 2.24) is 9.97 Å². The van der Waals surface area contributed by atoms with Crippen LogP contribution in [0.2, 0.25) is 5.15 Å². The van der Waals surface area contributed by atoms with Crippen molar-refractivity contribution < 1.29 is 8.78 Å². The minimum Gasteiger partial charge on any atom is -0.241 e. The first kappa shape index (κ1) is 11.0. The first-order valence-corrected chi connectivity index (χ1v) is 4.94. The van der Waals surface area contributed by atoms with Crippen LogP contribution in [0.25, 0.3) is 0 Å². The van der Waals surface area contributed by atoms with Gasteiger partial charge in [0.1, 0.15) is 22.6 Å². The molecule has 1 heterocycles. The lowest BCUT2D eigenvalue weighted by molar-refractivity contribution is 0.580. The van der Waals surface area contributed by atoms with Gasteiger partial charge >= 0.3 is 0 Å². The van der Waals surface area contributed by atoms with Crippen molar-refractivity contribution in [2.45, 2.75) is 6.42 Å². The Hall–Kier alpha value is -1.55. The fraction of sp³-hybridized carbons (Fsp3) is 0.0909. The number of halogens is 3. The van der Waals surface area contributed by atoms with E-state index in [2.05, 4.69) is 9.97 Å². The summed E-state index contributed by atoms with van der Waals surface area (Å²) in [5, 5.41) is 0.307. The molecule has 0 radical (unpaired) electrons. The maximum absolute atomic E-state index is 12.9. The van der Waals surface area contributed by atoms with Crippen molar-refractivity contribution in [2.75, 3.05) is 0 Å². The molecule has 0 saturated heterocycles. The summed E-state index contributed by atoms with van der Waals surface area (Å²) < 4.78 is 25.8. The second-order valence-corrected chi connectivity index (χ2v) is 3.64. The number of aromatic nitrogens is 2. The van der Waals surface area contributed by atoms with Gasteiger partial charge in [-0.25, -0.2) is 18.7 Å². The van der Waals surface area contributed by atoms with Gasteiger partial charge in [0, 0.05) is 18.7 Å². The Labute approximate surface area is 95.9 Å². The van der Waals surface area contributed by atoms with Gasteiger partial charge < -0.3 is 0 Å². The van der Waals surface area contributed by atoms with Gasteiger partial charge in [0.25, 0.3) is 0 Å². The number of rotatable bonds is 2. The van der Waals surface area contributed by atoms with Gasteiger partial charge in [-0.2, -0.15) is 0 Å². The highest BCUT2D eigenvalue weighted by Crippen LogP contribution is 2.12. The topological polar surface area (TPSA) is 25.8 Å². The molecule has 2 nitrogen and oxygen atoms in total. The highest BCUT2D eigenvalue weighted by atomic mass is 35.5. The molecule has 0 aliphatic heterocycles. The quantitative estimate of drug-likeness (QED) is 0.754. The molecule has 1 aromatic heterocycles. The van der Waals surface area contributed by atoms with Crippen LogP contribution in [0, 0.1) is 11.6 Å². The second kappa shape index (κ2) is 4.53. The third-order valence-electron chi connectivity index (χ3n) is 1.96. The summed E-state index contributed by atoms with van der Waals surface area (Å²) in [7, 11) is 0. The second-order valence-electron chi connectivity index (χ2n) is 3.25. The lowest BCUT2D eigenvalue weighted by atomic mass is 10.1. The standard InChI is InChI=1S/C11H7ClF2N2/c12-10-1-2-15-11(16-10)5-7-3-8(13)6-9(14)4-7/h1-4,6H,5H2. The lowest BCUT2D eigenvalue weighted by Crippen LogP contribution is -1.97. The molecule has 0 aliphatic carbocycles. The number of nitrogens with zero attached hydrogens (tertiary/aromatic N) is 2. The minimum atomic E-state index is -0.614.